The zero-order valence-electron chi connectivity index (χ0n) is 22.0. The van der Waals surface area contributed by atoms with Gasteiger partial charge in [0, 0.05) is 44.6 Å². The summed E-state index contributed by atoms with van der Waals surface area (Å²) in [5, 5.41) is 0. The predicted octanol–water partition coefficient (Wildman–Crippen LogP) is 7.86. The number of anilines is 2. The Labute approximate surface area is 220 Å². The lowest BCUT2D eigenvalue weighted by Crippen LogP contribution is -2.15. The van der Waals surface area contributed by atoms with Crippen LogP contribution < -0.4 is 9.80 Å². The van der Waals surface area contributed by atoms with Crippen molar-refractivity contribution >= 4 is 33.9 Å². The molecule has 0 bridgehead atoms. The number of benzene rings is 4. The van der Waals surface area contributed by atoms with E-state index in [2.05, 4.69) is 123 Å². The van der Waals surface area contributed by atoms with Crippen LogP contribution in [0.3, 0.4) is 0 Å². The van der Waals surface area contributed by atoms with Gasteiger partial charge < -0.3 is 9.80 Å². The number of rotatable bonds is 6. The summed E-state index contributed by atoms with van der Waals surface area (Å²) in [6.07, 6.45) is 4.38. The molecule has 37 heavy (non-hydrogen) atoms. The average molecular weight is 484 g/mol. The molecule has 4 aromatic rings. The van der Waals surface area contributed by atoms with Crippen molar-refractivity contribution in [3.05, 3.63) is 138 Å². The molecule has 0 spiro atoms. The Kier molecular flexibility index (Phi) is 7.04. The topological polar surface area (TPSA) is 18.8 Å². The third-order valence-electron chi connectivity index (χ3n) is 6.92. The van der Waals surface area contributed by atoms with Gasteiger partial charge in [0.25, 0.3) is 0 Å². The minimum Gasteiger partial charge on any atom is -0.378 e. The van der Waals surface area contributed by atoms with Crippen LogP contribution in [-0.2, 0) is 0 Å². The average Bonchev–Trinajstić information content (AvgIpc) is 2.95. The lowest BCUT2D eigenvalue weighted by atomic mass is 9.83. The lowest BCUT2D eigenvalue weighted by molar-refractivity contribution is 0.968. The van der Waals surface area contributed by atoms with Crippen molar-refractivity contribution in [1.82, 2.24) is 0 Å². The standard InChI is InChI=1S/C34H33N3/c1-5-37(4)29-21-17-26(18-22-29)34(25-15-19-28(20-16-25)36(2)3)32-23-24-33(31-14-10-9-13-30(31)32)35-27-11-7-6-8-12-27/h6-24H,5H2,1-4H3. The van der Waals surface area contributed by atoms with E-state index in [1.165, 1.54) is 39.2 Å². The predicted molar refractivity (Wildman–Crippen MR) is 160 cm³/mol. The minimum atomic E-state index is 0.958. The molecule has 0 N–H and O–H groups in total. The van der Waals surface area contributed by atoms with Gasteiger partial charge in [-0.3, -0.25) is 0 Å². The van der Waals surface area contributed by atoms with Crippen molar-refractivity contribution in [3.8, 4) is 0 Å². The van der Waals surface area contributed by atoms with Gasteiger partial charge in [-0.1, -0.05) is 72.8 Å². The Bertz CT molecular complexity index is 1460. The van der Waals surface area contributed by atoms with E-state index in [1.807, 2.05) is 30.3 Å². The van der Waals surface area contributed by atoms with Crippen molar-refractivity contribution in [1.29, 1.82) is 0 Å². The fourth-order valence-corrected chi connectivity index (χ4v) is 4.71. The molecule has 0 radical (unpaired) electrons. The summed E-state index contributed by atoms with van der Waals surface area (Å²) in [7, 11) is 6.28. The molecule has 0 saturated heterocycles. The number of hydrogen-bond acceptors (Lipinski definition) is 3. The quantitative estimate of drug-likeness (QED) is 0.278. The Morgan fingerprint density at radius 1 is 0.622 bits per heavy atom. The number of nitrogens with zero attached hydrogens (tertiary/aromatic N) is 3. The molecule has 4 aromatic carbocycles. The van der Waals surface area contributed by atoms with Gasteiger partial charge in [-0.05, 0) is 77.2 Å². The van der Waals surface area contributed by atoms with E-state index >= 15 is 0 Å². The highest BCUT2D eigenvalue weighted by molar-refractivity contribution is 6.19. The maximum absolute atomic E-state index is 4.97. The van der Waals surface area contributed by atoms with Gasteiger partial charge in [0.2, 0.25) is 0 Å². The van der Waals surface area contributed by atoms with E-state index in [-0.39, 0.29) is 0 Å². The highest BCUT2D eigenvalue weighted by Gasteiger charge is 2.20. The fraction of sp³-hybridized carbons (Fsp3) is 0.147. The second-order valence-electron chi connectivity index (χ2n) is 9.50. The van der Waals surface area contributed by atoms with E-state index in [4.69, 9.17) is 4.99 Å². The Balaban J connectivity index is 1.70. The molecule has 0 aliphatic heterocycles. The van der Waals surface area contributed by atoms with Gasteiger partial charge in [0.1, 0.15) is 0 Å². The van der Waals surface area contributed by atoms with Gasteiger partial charge in [-0.15, -0.1) is 0 Å². The number of fused-ring (bicyclic) bond motifs is 1. The van der Waals surface area contributed by atoms with Crippen LogP contribution in [0, 0.1) is 0 Å². The monoisotopic (exact) mass is 483 g/mol. The highest BCUT2D eigenvalue weighted by atomic mass is 15.1. The van der Waals surface area contributed by atoms with Crippen molar-refractivity contribution in [2.75, 3.05) is 37.5 Å². The molecule has 0 fully saturated rings. The molecular formula is C34H33N3. The van der Waals surface area contributed by atoms with Gasteiger partial charge in [0.15, 0.2) is 0 Å². The number of allylic oxidation sites excluding steroid dienone is 3. The fourth-order valence-electron chi connectivity index (χ4n) is 4.71. The molecule has 0 atom stereocenters. The first-order valence-corrected chi connectivity index (χ1v) is 12.8. The molecule has 5 rings (SSSR count). The van der Waals surface area contributed by atoms with Crippen LogP contribution in [0.25, 0.3) is 11.1 Å². The van der Waals surface area contributed by atoms with Crippen LogP contribution >= 0.6 is 0 Å². The first-order chi connectivity index (χ1) is 18.0. The normalized spacial score (nSPS) is 14.9. The Morgan fingerprint density at radius 3 is 1.78 bits per heavy atom. The van der Waals surface area contributed by atoms with Crippen LogP contribution in [0.15, 0.2) is 120 Å². The summed E-state index contributed by atoms with van der Waals surface area (Å²) >= 11 is 0. The second kappa shape index (κ2) is 10.7. The maximum Gasteiger partial charge on any atom is 0.0715 e. The van der Waals surface area contributed by atoms with E-state index in [1.54, 1.807) is 0 Å². The third-order valence-corrected chi connectivity index (χ3v) is 6.92. The molecule has 0 unspecified atom stereocenters. The largest absolute Gasteiger partial charge is 0.378 e. The number of aliphatic imine (C=N–C) groups is 1. The van der Waals surface area contributed by atoms with Crippen LogP contribution in [0.5, 0.6) is 0 Å². The van der Waals surface area contributed by atoms with Crippen molar-refractivity contribution in [2.45, 2.75) is 6.92 Å². The first-order valence-electron chi connectivity index (χ1n) is 12.8. The van der Waals surface area contributed by atoms with Gasteiger partial charge in [0.05, 0.1) is 11.4 Å². The highest BCUT2D eigenvalue weighted by Crippen LogP contribution is 2.38. The van der Waals surface area contributed by atoms with Crippen LogP contribution in [0.4, 0.5) is 17.1 Å². The summed E-state index contributed by atoms with van der Waals surface area (Å²) < 4.78 is 0. The Morgan fingerprint density at radius 2 is 1.19 bits per heavy atom. The summed E-state index contributed by atoms with van der Waals surface area (Å²) in [5.74, 6) is 0. The molecule has 0 saturated carbocycles. The molecule has 3 heteroatoms. The third kappa shape index (κ3) is 5.12. The molecule has 0 amide bonds. The zero-order valence-corrected chi connectivity index (χ0v) is 22.0. The SMILES string of the molecule is CCN(C)c1ccc(C(=C2C=CC(=Nc3ccccc3)c3ccccc32)c2ccc(N(C)C)cc2)cc1. The Hall–Kier alpha value is -4.37. The van der Waals surface area contributed by atoms with Crippen LogP contribution in [0.2, 0.25) is 0 Å². The van der Waals surface area contributed by atoms with Crippen LogP contribution in [0.1, 0.15) is 29.2 Å². The zero-order chi connectivity index (χ0) is 25.8. The molecule has 184 valence electrons. The number of para-hydroxylation sites is 1. The molecule has 1 aliphatic rings. The summed E-state index contributed by atoms with van der Waals surface area (Å²) in [6, 6.07) is 36.5. The van der Waals surface area contributed by atoms with E-state index in [9.17, 15) is 0 Å². The molecular weight excluding hydrogens is 450 g/mol. The second-order valence-corrected chi connectivity index (χ2v) is 9.50. The van der Waals surface area contributed by atoms with E-state index in [0.717, 1.165) is 23.5 Å². The minimum absolute atomic E-state index is 0.958. The van der Waals surface area contributed by atoms with Crippen molar-refractivity contribution in [2.24, 2.45) is 4.99 Å². The van der Waals surface area contributed by atoms with Crippen molar-refractivity contribution < 1.29 is 0 Å². The van der Waals surface area contributed by atoms with E-state index in [0.29, 0.717) is 0 Å². The molecule has 0 heterocycles. The molecule has 3 nitrogen and oxygen atoms in total. The first kappa shape index (κ1) is 24.3. The van der Waals surface area contributed by atoms with Crippen LogP contribution in [-0.4, -0.2) is 33.4 Å². The van der Waals surface area contributed by atoms with E-state index < -0.39 is 0 Å². The van der Waals surface area contributed by atoms with Crippen molar-refractivity contribution in [3.63, 3.8) is 0 Å². The molecule has 1 aliphatic carbocycles. The summed E-state index contributed by atoms with van der Waals surface area (Å²) in [4.78, 5) is 9.35. The summed E-state index contributed by atoms with van der Waals surface area (Å²) in [6.45, 7) is 3.14. The molecule has 0 aromatic heterocycles. The lowest BCUT2D eigenvalue weighted by Gasteiger charge is -2.22. The van der Waals surface area contributed by atoms with Gasteiger partial charge in [-0.2, -0.15) is 0 Å². The number of hydrogen-bond donors (Lipinski definition) is 0. The smallest absolute Gasteiger partial charge is 0.0715 e. The van der Waals surface area contributed by atoms with Gasteiger partial charge in [-0.25, -0.2) is 4.99 Å². The maximum atomic E-state index is 4.97. The summed E-state index contributed by atoms with van der Waals surface area (Å²) in [5.41, 5.74) is 11.5. The van der Waals surface area contributed by atoms with Gasteiger partial charge >= 0.3 is 0 Å².